The molecule has 0 unspecified atom stereocenters. The van der Waals surface area contributed by atoms with Crippen LogP contribution in [0, 0.1) is 12.3 Å². The van der Waals surface area contributed by atoms with Gasteiger partial charge in [-0.05, 0) is 118 Å². The molecule has 1 fully saturated rings. The Morgan fingerprint density at radius 2 is 1.12 bits per heavy atom. The number of unbranched alkanes of at least 4 members (excludes halogenated alkanes) is 3. The van der Waals surface area contributed by atoms with Gasteiger partial charge in [0.05, 0.1) is 47.3 Å². The van der Waals surface area contributed by atoms with Crippen molar-refractivity contribution < 1.29 is 41.7 Å². The van der Waals surface area contributed by atoms with Gasteiger partial charge in [0.15, 0.2) is 0 Å². The van der Waals surface area contributed by atoms with Crippen molar-refractivity contribution in [1.29, 1.82) is 0 Å². The molecule has 0 radical (unpaired) electrons. The van der Waals surface area contributed by atoms with Crippen molar-refractivity contribution in [3.63, 3.8) is 0 Å². The van der Waals surface area contributed by atoms with Crippen LogP contribution in [0.4, 0.5) is 0 Å². The average Bonchev–Trinajstić information content (AvgIpc) is 3.09. The van der Waals surface area contributed by atoms with E-state index >= 15 is 0 Å². The average molecular weight is 687 g/mol. The lowest BCUT2D eigenvalue weighted by molar-refractivity contribution is -0.150. The van der Waals surface area contributed by atoms with Crippen molar-refractivity contribution in [3.05, 3.63) is 114 Å². The molecule has 0 aromatic heterocycles. The molecule has 1 saturated heterocycles. The van der Waals surface area contributed by atoms with Crippen LogP contribution in [0.2, 0.25) is 0 Å². The van der Waals surface area contributed by atoms with E-state index in [1.54, 1.807) is 36.4 Å². The first-order valence-corrected chi connectivity index (χ1v) is 18.0. The topological polar surface area (TPSA) is 114 Å². The maximum absolute atomic E-state index is 13.2. The molecule has 5 rings (SSSR count). The number of ether oxygens (including phenoxy) is 5. The van der Waals surface area contributed by atoms with Crippen molar-refractivity contribution in [1.82, 2.24) is 0 Å². The number of carbonyl (C=O) groups is 2. The molecule has 49 heavy (non-hydrogen) atoms. The fourth-order valence-electron chi connectivity index (χ4n) is 5.14. The Balaban J connectivity index is 1.03. The van der Waals surface area contributed by atoms with Crippen LogP contribution in [0.5, 0.6) is 17.2 Å². The van der Waals surface area contributed by atoms with E-state index in [1.807, 2.05) is 19.1 Å². The summed E-state index contributed by atoms with van der Waals surface area (Å²) in [6.45, 7) is 7.86. The Kier molecular flexibility index (Phi) is 12.2. The third kappa shape index (κ3) is 9.78. The molecule has 4 aromatic carbocycles. The third-order valence-corrected chi connectivity index (χ3v) is 10.3. The molecule has 1 aliphatic heterocycles. The number of sulfone groups is 1. The van der Waals surface area contributed by atoms with E-state index in [9.17, 15) is 18.0 Å². The van der Waals surface area contributed by atoms with Gasteiger partial charge < -0.3 is 23.7 Å². The lowest BCUT2D eigenvalue weighted by Gasteiger charge is -2.40. The number of hydrogen-bond acceptors (Lipinski definition) is 9. The Labute approximate surface area is 288 Å². The lowest BCUT2D eigenvalue weighted by atomic mass is 9.84. The van der Waals surface area contributed by atoms with E-state index in [0.717, 1.165) is 64.1 Å². The van der Waals surface area contributed by atoms with E-state index in [-0.39, 0.29) is 26.7 Å². The van der Waals surface area contributed by atoms with Gasteiger partial charge in [0.1, 0.15) is 17.2 Å². The van der Waals surface area contributed by atoms with Gasteiger partial charge in [-0.15, -0.1) is 0 Å². The van der Waals surface area contributed by atoms with Gasteiger partial charge in [-0.2, -0.15) is 0 Å². The van der Waals surface area contributed by atoms with E-state index in [2.05, 4.69) is 6.92 Å². The highest BCUT2D eigenvalue weighted by atomic mass is 32.2. The summed E-state index contributed by atoms with van der Waals surface area (Å²) in [5, 5.41) is 0. The highest BCUT2D eigenvalue weighted by Gasteiger charge is 2.36. The van der Waals surface area contributed by atoms with Crippen molar-refractivity contribution in [2.75, 3.05) is 33.0 Å². The quantitative estimate of drug-likeness (QED) is 0.0628. The maximum atomic E-state index is 13.2. The monoisotopic (exact) mass is 686 g/mol. The second kappa shape index (κ2) is 16.7. The zero-order valence-corrected chi connectivity index (χ0v) is 28.7. The highest BCUT2D eigenvalue weighted by molar-refractivity contribution is 7.91. The first-order valence-electron chi connectivity index (χ1n) is 16.5. The summed E-state index contributed by atoms with van der Waals surface area (Å²) in [4.78, 5) is 25.1. The van der Waals surface area contributed by atoms with Gasteiger partial charge in [0.2, 0.25) is 9.84 Å². The minimum Gasteiger partial charge on any atom is -0.494 e. The molecule has 0 spiro atoms. The summed E-state index contributed by atoms with van der Waals surface area (Å²) in [5.74, 6) is -0.0203. The molecule has 0 aliphatic carbocycles. The molecule has 0 N–H and O–H groups in total. The van der Waals surface area contributed by atoms with Crippen molar-refractivity contribution in [2.45, 2.75) is 55.7 Å². The molecule has 0 atom stereocenters. The van der Waals surface area contributed by atoms with Crippen LogP contribution in [0.15, 0.2) is 107 Å². The molecule has 0 amide bonds. The van der Waals surface area contributed by atoms with Crippen LogP contribution in [0.3, 0.4) is 0 Å². The molecule has 4 aromatic rings. The van der Waals surface area contributed by atoms with Crippen molar-refractivity contribution in [3.8, 4) is 17.2 Å². The number of rotatable bonds is 17. The summed E-state index contributed by atoms with van der Waals surface area (Å²) in [7, 11) is -3.87. The van der Waals surface area contributed by atoms with Crippen LogP contribution in [-0.2, 0) is 19.3 Å². The highest BCUT2D eigenvalue weighted by Crippen LogP contribution is 2.31. The van der Waals surface area contributed by atoms with Gasteiger partial charge in [0, 0.05) is 12.0 Å². The Morgan fingerprint density at radius 3 is 1.59 bits per heavy atom. The number of esters is 2. The molecule has 1 aliphatic rings. The number of aryl methyl sites for hydroxylation is 1. The molecule has 1 heterocycles. The zero-order valence-electron chi connectivity index (χ0n) is 27.9. The number of hydrogen-bond donors (Lipinski definition) is 0. The molecule has 0 saturated carbocycles. The molecule has 258 valence electrons. The van der Waals surface area contributed by atoms with E-state index in [1.165, 1.54) is 48.5 Å². The summed E-state index contributed by atoms with van der Waals surface area (Å²) in [6, 6.07) is 24.9. The molecule has 0 bridgehead atoms. The first kappa shape index (κ1) is 35.8. The Bertz CT molecular complexity index is 1770. The summed E-state index contributed by atoms with van der Waals surface area (Å²) in [6.07, 6.45) is 5.18. The predicted octanol–water partition coefficient (Wildman–Crippen LogP) is 7.65. The standard InChI is InChI=1S/C39H42O9S/c1-3-39(27-45-28-39)26-44-24-6-4-5-7-25-46-32-14-12-31(13-15-32)38(41)48-34-18-22-36(23-19-34)49(42,43)35-20-16-33(17-21-35)47-37(40)30-10-8-29(2)9-11-30/h8-23H,3-7,24-28H2,1-2H3. The molecular formula is C39H42O9S. The minimum absolute atomic E-state index is 0.0240. The first-order chi connectivity index (χ1) is 23.7. The van der Waals surface area contributed by atoms with Gasteiger partial charge in [-0.1, -0.05) is 31.0 Å². The maximum Gasteiger partial charge on any atom is 0.343 e. The van der Waals surface area contributed by atoms with Crippen LogP contribution in [0.1, 0.15) is 65.3 Å². The van der Waals surface area contributed by atoms with Crippen LogP contribution >= 0.6 is 0 Å². The van der Waals surface area contributed by atoms with E-state index in [4.69, 9.17) is 23.7 Å². The fraction of sp³-hybridized carbons (Fsp3) is 0.333. The summed E-state index contributed by atoms with van der Waals surface area (Å²) < 4.78 is 54.2. The zero-order chi connectivity index (χ0) is 34.7. The van der Waals surface area contributed by atoms with E-state index in [0.29, 0.717) is 23.5 Å². The SMILES string of the molecule is CCC1(COCCCCCCOc2ccc(C(=O)Oc3ccc(S(=O)(=O)c4ccc(OC(=O)c5ccc(C)cc5)cc4)cc3)cc2)COC1. The second-order valence-corrected chi connectivity index (χ2v) is 14.2. The smallest absolute Gasteiger partial charge is 0.343 e. The van der Waals surface area contributed by atoms with Gasteiger partial charge in [0.25, 0.3) is 0 Å². The summed E-state index contributed by atoms with van der Waals surface area (Å²) >= 11 is 0. The fourth-order valence-corrected chi connectivity index (χ4v) is 6.40. The molecular weight excluding hydrogens is 644 g/mol. The van der Waals surface area contributed by atoms with Gasteiger partial charge >= 0.3 is 11.9 Å². The lowest BCUT2D eigenvalue weighted by Crippen LogP contribution is -2.45. The Hall–Kier alpha value is -4.51. The van der Waals surface area contributed by atoms with Crippen molar-refractivity contribution >= 4 is 21.8 Å². The normalized spacial score (nSPS) is 13.7. The van der Waals surface area contributed by atoms with E-state index < -0.39 is 21.8 Å². The molecule has 10 heteroatoms. The minimum atomic E-state index is -3.87. The van der Waals surface area contributed by atoms with Crippen molar-refractivity contribution in [2.24, 2.45) is 5.41 Å². The molecule has 9 nitrogen and oxygen atoms in total. The second-order valence-electron chi connectivity index (χ2n) is 12.3. The van der Waals surface area contributed by atoms with Crippen LogP contribution < -0.4 is 14.2 Å². The van der Waals surface area contributed by atoms with Gasteiger partial charge in [-0.3, -0.25) is 0 Å². The third-order valence-electron chi connectivity index (χ3n) is 8.49. The van der Waals surface area contributed by atoms with Crippen LogP contribution in [-0.4, -0.2) is 53.4 Å². The predicted molar refractivity (Wildman–Crippen MR) is 184 cm³/mol. The number of carbonyl (C=O) groups excluding carboxylic acids is 2. The van der Waals surface area contributed by atoms with Crippen LogP contribution in [0.25, 0.3) is 0 Å². The Morgan fingerprint density at radius 1 is 0.653 bits per heavy atom. The number of benzene rings is 4. The summed E-state index contributed by atoms with van der Waals surface area (Å²) in [5.41, 5.74) is 1.98. The van der Waals surface area contributed by atoms with Gasteiger partial charge in [-0.25, -0.2) is 18.0 Å². The largest absolute Gasteiger partial charge is 0.494 e.